The van der Waals surface area contributed by atoms with Crippen molar-refractivity contribution in [3.05, 3.63) is 34.3 Å². The van der Waals surface area contributed by atoms with Crippen LogP contribution in [-0.4, -0.2) is 18.5 Å². The molecule has 3 nitrogen and oxygen atoms in total. The summed E-state index contributed by atoms with van der Waals surface area (Å²) in [5.41, 5.74) is 2.62. The number of carbonyl (C=O) groups excluding carboxylic acids is 1. The first-order chi connectivity index (χ1) is 8.74. The van der Waals surface area contributed by atoms with Gasteiger partial charge < -0.3 is 5.32 Å². The molecule has 2 N–H and O–H groups in total. The smallest absolute Gasteiger partial charge is 0.237 e. The molecule has 0 saturated carbocycles. The van der Waals surface area contributed by atoms with Crippen molar-refractivity contribution in [2.24, 2.45) is 0 Å². The Labute approximate surface area is 112 Å². The van der Waals surface area contributed by atoms with Crippen LogP contribution in [0.2, 0.25) is 5.02 Å². The lowest BCUT2D eigenvalue weighted by atomic mass is 10.0. The molecule has 2 atom stereocenters. The van der Waals surface area contributed by atoms with Crippen LogP contribution in [0, 0.1) is 0 Å². The average molecular weight is 265 g/mol. The molecule has 1 heterocycles. The average Bonchev–Trinajstić information content (AvgIpc) is 2.74. The van der Waals surface area contributed by atoms with E-state index in [4.69, 9.17) is 11.6 Å². The minimum Gasteiger partial charge on any atom is -0.355 e. The largest absolute Gasteiger partial charge is 0.355 e. The van der Waals surface area contributed by atoms with E-state index in [1.54, 1.807) is 0 Å². The van der Waals surface area contributed by atoms with Crippen molar-refractivity contribution in [3.63, 3.8) is 0 Å². The van der Waals surface area contributed by atoms with Gasteiger partial charge in [-0.05, 0) is 48.9 Å². The highest BCUT2D eigenvalue weighted by Gasteiger charge is 2.29. The van der Waals surface area contributed by atoms with Gasteiger partial charge >= 0.3 is 0 Å². The molecule has 0 aromatic heterocycles. The van der Waals surface area contributed by atoms with Crippen LogP contribution >= 0.6 is 11.6 Å². The first kappa shape index (κ1) is 12.0. The van der Waals surface area contributed by atoms with Gasteiger partial charge in [0, 0.05) is 17.6 Å². The molecular formula is C14H17ClN2O. The number of hydrogen-bond donors (Lipinski definition) is 2. The minimum atomic E-state index is -0.0367. The molecule has 0 spiro atoms. The fourth-order valence-corrected chi connectivity index (χ4v) is 3.13. The lowest BCUT2D eigenvalue weighted by molar-refractivity contribution is -0.124. The van der Waals surface area contributed by atoms with Gasteiger partial charge in [0.2, 0.25) is 5.91 Å². The van der Waals surface area contributed by atoms with E-state index in [-0.39, 0.29) is 11.9 Å². The van der Waals surface area contributed by atoms with Crippen molar-refractivity contribution < 1.29 is 4.79 Å². The molecule has 1 aromatic carbocycles. The lowest BCUT2D eigenvalue weighted by Crippen LogP contribution is -2.49. The SMILES string of the molecule is O=C1NCCCC1NC1CCc2cc(Cl)ccc21. The van der Waals surface area contributed by atoms with E-state index in [9.17, 15) is 4.79 Å². The van der Waals surface area contributed by atoms with E-state index < -0.39 is 0 Å². The van der Waals surface area contributed by atoms with Crippen LogP contribution in [0.25, 0.3) is 0 Å². The van der Waals surface area contributed by atoms with Crippen molar-refractivity contribution in [1.29, 1.82) is 0 Å². The summed E-state index contributed by atoms with van der Waals surface area (Å²) in [5.74, 6) is 0.142. The Balaban J connectivity index is 1.74. The van der Waals surface area contributed by atoms with Gasteiger partial charge in [-0.1, -0.05) is 17.7 Å². The molecule has 0 radical (unpaired) electrons. The fraction of sp³-hybridized carbons (Fsp3) is 0.500. The second-order valence-electron chi connectivity index (χ2n) is 5.09. The maximum Gasteiger partial charge on any atom is 0.237 e. The Morgan fingerprint density at radius 2 is 2.17 bits per heavy atom. The third-order valence-corrected chi connectivity index (χ3v) is 4.11. The normalized spacial score (nSPS) is 26.8. The summed E-state index contributed by atoms with van der Waals surface area (Å²) in [4.78, 5) is 11.8. The van der Waals surface area contributed by atoms with E-state index in [0.29, 0.717) is 6.04 Å². The minimum absolute atomic E-state index is 0.0367. The molecule has 1 saturated heterocycles. The van der Waals surface area contributed by atoms with Gasteiger partial charge in [-0.25, -0.2) is 0 Å². The summed E-state index contributed by atoms with van der Waals surface area (Å²) < 4.78 is 0. The van der Waals surface area contributed by atoms with E-state index in [1.807, 2.05) is 12.1 Å². The number of piperidine rings is 1. The van der Waals surface area contributed by atoms with Crippen LogP contribution in [0.15, 0.2) is 18.2 Å². The molecular weight excluding hydrogens is 248 g/mol. The predicted molar refractivity (Wildman–Crippen MR) is 71.7 cm³/mol. The maximum absolute atomic E-state index is 11.8. The Morgan fingerprint density at radius 3 is 3.00 bits per heavy atom. The Kier molecular flexibility index (Phi) is 3.27. The van der Waals surface area contributed by atoms with Crippen molar-refractivity contribution in [2.75, 3.05) is 6.54 Å². The summed E-state index contributed by atoms with van der Waals surface area (Å²) in [6.45, 7) is 0.813. The lowest BCUT2D eigenvalue weighted by Gasteiger charge is -2.26. The van der Waals surface area contributed by atoms with Crippen molar-refractivity contribution in [2.45, 2.75) is 37.8 Å². The zero-order valence-corrected chi connectivity index (χ0v) is 11.0. The van der Waals surface area contributed by atoms with Gasteiger partial charge in [-0.2, -0.15) is 0 Å². The van der Waals surface area contributed by atoms with Gasteiger partial charge in [-0.15, -0.1) is 0 Å². The van der Waals surface area contributed by atoms with Crippen LogP contribution in [-0.2, 0) is 11.2 Å². The van der Waals surface area contributed by atoms with Crippen molar-refractivity contribution in [3.8, 4) is 0 Å². The topological polar surface area (TPSA) is 41.1 Å². The van der Waals surface area contributed by atoms with E-state index in [1.165, 1.54) is 11.1 Å². The second kappa shape index (κ2) is 4.90. The number of benzene rings is 1. The molecule has 2 unspecified atom stereocenters. The standard InChI is InChI=1S/C14H17ClN2O/c15-10-4-5-11-9(8-10)3-6-12(11)17-13-2-1-7-16-14(13)18/h4-5,8,12-13,17H,1-3,6-7H2,(H,16,18). The molecule has 1 fully saturated rings. The van der Waals surface area contributed by atoms with E-state index in [0.717, 1.165) is 37.3 Å². The number of amides is 1. The molecule has 0 bridgehead atoms. The molecule has 3 rings (SSSR count). The number of hydrogen-bond acceptors (Lipinski definition) is 2. The van der Waals surface area contributed by atoms with Crippen LogP contribution in [0.1, 0.15) is 36.4 Å². The summed E-state index contributed by atoms with van der Waals surface area (Å²) in [7, 11) is 0. The summed E-state index contributed by atoms with van der Waals surface area (Å²) in [6, 6.07) is 6.32. The third-order valence-electron chi connectivity index (χ3n) is 3.87. The number of carbonyl (C=O) groups is 1. The molecule has 1 aromatic rings. The quantitative estimate of drug-likeness (QED) is 0.860. The molecule has 96 valence electrons. The van der Waals surface area contributed by atoms with Crippen molar-refractivity contribution in [1.82, 2.24) is 10.6 Å². The highest BCUT2D eigenvalue weighted by atomic mass is 35.5. The summed E-state index contributed by atoms with van der Waals surface area (Å²) in [6.07, 6.45) is 4.09. The van der Waals surface area contributed by atoms with Crippen LogP contribution in [0.4, 0.5) is 0 Å². The molecule has 18 heavy (non-hydrogen) atoms. The Bertz CT molecular complexity index is 475. The number of aryl methyl sites for hydroxylation is 1. The second-order valence-corrected chi connectivity index (χ2v) is 5.52. The zero-order chi connectivity index (χ0) is 12.5. The van der Waals surface area contributed by atoms with Crippen molar-refractivity contribution >= 4 is 17.5 Å². The predicted octanol–water partition coefficient (Wildman–Crippen LogP) is 2.20. The molecule has 1 amide bonds. The van der Waals surface area contributed by atoms with Crippen LogP contribution < -0.4 is 10.6 Å². The Morgan fingerprint density at radius 1 is 1.28 bits per heavy atom. The van der Waals surface area contributed by atoms with Gasteiger partial charge in [0.25, 0.3) is 0 Å². The highest BCUT2D eigenvalue weighted by Crippen LogP contribution is 2.33. The monoisotopic (exact) mass is 264 g/mol. The van der Waals surface area contributed by atoms with Gasteiger partial charge in [0.15, 0.2) is 0 Å². The summed E-state index contributed by atoms with van der Waals surface area (Å²) in [5, 5.41) is 7.20. The first-order valence-corrected chi connectivity index (χ1v) is 6.94. The number of halogens is 1. The van der Waals surface area contributed by atoms with Gasteiger partial charge in [-0.3, -0.25) is 10.1 Å². The molecule has 2 aliphatic rings. The maximum atomic E-state index is 11.8. The van der Waals surface area contributed by atoms with Crippen LogP contribution in [0.5, 0.6) is 0 Å². The fourth-order valence-electron chi connectivity index (χ4n) is 2.93. The van der Waals surface area contributed by atoms with E-state index >= 15 is 0 Å². The van der Waals surface area contributed by atoms with E-state index in [2.05, 4.69) is 16.7 Å². The zero-order valence-electron chi connectivity index (χ0n) is 10.2. The number of rotatable bonds is 2. The van der Waals surface area contributed by atoms with Gasteiger partial charge in [0.1, 0.15) is 0 Å². The third kappa shape index (κ3) is 2.25. The highest BCUT2D eigenvalue weighted by molar-refractivity contribution is 6.30. The van der Waals surface area contributed by atoms with Crippen LogP contribution in [0.3, 0.4) is 0 Å². The number of nitrogens with one attached hydrogen (secondary N) is 2. The number of fused-ring (bicyclic) bond motifs is 1. The van der Waals surface area contributed by atoms with Gasteiger partial charge in [0.05, 0.1) is 6.04 Å². The Hall–Kier alpha value is -1.06. The first-order valence-electron chi connectivity index (χ1n) is 6.56. The summed E-state index contributed by atoms with van der Waals surface area (Å²) >= 11 is 6.00. The molecule has 4 heteroatoms. The molecule has 1 aliphatic carbocycles. The molecule has 1 aliphatic heterocycles.